The van der Waals surface area contributed by atoms with Crippen LogP contribution in [0.2, 0.25) is 0 Å². The molecule has 0 bridgehead atoms. The fourth-order valence-electron chi connectivity index (χ4n) is 8.80. The lowest BCUT2D eigenvalue weighted by molar-refractivity contribution is 0.660. The maximum atomic E-state index is 5.37. The van der Waals surface area contributed by atoms with E-state index >= 15 is 0 Å². The van der Waals surface area contributed by atoms with Crippen LogP contribution in [-0.4, -0.2) is 9.97 Å². The summed E-state index contributed by atoms with van der Waals surface area (Å²) < 4.78 is 2.45. The van der Waals surface area contributed by atoms with Crippen LogP contribution in [0, 0.1) is 0 Å². The summed E-state index contributed by atoms with van der Waals surface area (Å²) >= 11 is 1.82. The van der Waals surface area contributed by atoms with Crippen LogP contribution >= 0.6 is 11.3 Å². The lowest BCUT2D eigenvalue weighted by Crippen LogP contribution is -2.14. The standard InChI is InChI=1S/C53H36N2S/c1-53(2)45-19-11-9-17-41(45)42-26-25-37(31-46(42)53)36-23-21-33-22-24-38(30-39(33)29-36)40-27-28-44-43-18-10-12-20-49(43)56-51(44)50(40)52-54-47(34-13-5-3-6-14-34)32-48(55-52)35-15-7-4-8-16-35/h3-32H,1-2H3. The summed E-state index contributed by atoms with van der Waals surface area (Å²) in [5, 5.41) is 4.90. The van der Waals surface area contributed by atoms with Crippen molar-refractivity contribution in [3.8, 4) is 67.3 Å². The number of hydrogen-bond acceptors (Lipinski definition) is 3. The van der Waals surface area contributed by atoms with Gasteiger partial charge in [0.15, 0.2) is 5.82 Å². The van der Waals surface area contributed by atoms with Crippen LogP contribution in [0.1, 0.15) is 25.0 Å². The van der Waals surface area contributed by atoms with Gasteiger partial charge in [0.2, 0.25) is 0 Å². The summed E-state index contributed by atoms with van der Waals surface area (Å²) in [4.78, 5) is 10.7. The minimum Gasteiger partial charge on any atom is -0.228 e. The Bertz CT molecular complexity index is 3100. The Balaban J connectivity index is 1.11. The highest BCUT2D eigenvalue weighted by atomic mass is 32.1. The molecule has 1 aliphatic rings. The van der Waals surface area contributed by atoms with Crippen LogP contribution < -0.4 is 0 Å². The summed E-state index contributed by atoms with van der Waals surface area (Å²) in [7, 11) is 0. The Morgan fingerprint density at radius 1 is 0.411 bits per heavy atom. The van der Waals surface area contributed by atoms with Crippen LogP contribution in [0.4, 0.5) is 0 Å². The molecule has 0 amide bonds. The molecule has 0 saturated heterocycles. The molecular weight excluding hydrogens is 697 g/mol. The van der Waals surface area contributed by atoms with Crippen molar-refractivity contribution < 1.29 is 0 Å². The third-order valence-electron chi connectivity index (χ3n) is 11.7. The van der Waals surface area contributed by atoms with Gasteiger partial charge in [-0.05, 0) is 85.6 Å². The van der Waals surface area contributed by atoms with E-state index in [1.54, 1.807) is 0 Å². The Kier molecular flexibility index (Phi) is 7.42. The minimum absolute atomic E-state index is 0.0478. The highest BCUT2D eigenvalue weighted by molar-refractivity contribution is 7.26. The van der Waals surface area contributed by atoms with Crippen molar-refractivity contribution in [3.05, 3.63) is 193 Å². The molecule has 0 fully saturated rings. The summed E-state index contributed by atoms with van der Waals surface area (Å²) in [6, 6.07) is 65.9. The number of thiophene rings is 1. The first-order valence-corrected chi connectivity index (χ1v) is 20.0. The van der Waals surface area contributed by atoms with Crippen molar-refractivity contribution in [2.75, 3.05) is 0 Å². The molecule has 0 spiro atoms. The second kappa shape index (κ2) is 12.7. The third kappa shape index (κ3) is 5.23. The Morgan fingerprint density at radius 2 is 1.00 bits per heavy atom. The van der Waals surface area contributed by atoms with Gasteiger partial charge >= 0.3 is 0 Å². The summed E-state index contributed by atoms with van der Waals surface area (Å²) in [5.41, 5.74) is 15.2. The normalized spacial score (nSPS) is 13.0. The number of fused-ring (bicyclic) bond motifs is 7. The predicted octanol–water partition coefficient (Wildman–Crippen LogP) is 14.6. The van der Waals surface area contributed by atoms with Crippen molar-refractivity contribution in [1.29, 1.82) is 0 Å². The minimum atomic E-state index is -0.0478. The highest BCUT2D eigenvalue weighted by Gasteiger charge is 2.35. The number of aromatic nitrogens is 2. The first-order valence-electron chi connectivity index (χ1n) is 19.2. The number of hydrogen-bond donors (Lipinski definition) is 0. The zero-order valence-corrected chi connectivity index (χ0v) is 31.9. The molecule has 0 saturated carbocycles. The molecule has 56 heavy (non-hydrogen) atoms. The topological polar surface area (TPSA) is 25.8 Å². The van der Waals surface area contributed by atoms with Gasteiger partial charge in [-0.1, -0.05) is 166 Å². The van der Waals surface area contributed by atoms with Crippen molar-refractivity contribution in [2.24, 2.45) is 0 Å². The smallest absolute Gasteiger partial charge is 0.162 e. The Morgan fingerprint density at radius 3 is 1.77 bits per heavy atom. The molecule has 2 nitrogen and oxygen atoms in total. The average molecular weight is 733 g/mol. The van der Waals surface area contributed by atoms with Gasteiger partial charge in [0.25, 0.3) is 0 Å². The van der Waals surface area contributed by atoms with Crippen molar-refractivity contribution in [3.63, 3.8) is 0 Å². The Labute approximate surface area is 330 Å². The van der Waals surface area contributed by atoms with Gasteiger partial charge < -0.3 is 0 Å². The van der Waals surface area contributed by atoms with E-state index in [0.29, 0.717) is 0 Å². The van der Waals surface area contributed by atoms with E-state index in [1.807, 2.05) is 11.3 Å². The third-order valence-corrected chi connectivity index (χ3v) is 12.9. The van der Waals surface area contributed by atoms with Crippen molar-refractivity contribution >= 4 is 42.3 Å². The molecule has 0 radical (unpaired) electrons. The van der Waals surface area contributed by atoms with Crippen LogP contribution in [0.5, 0.6) is 0 Å². The monoisotopic (exact) mass is 732 g/mol. The second-order valence-electron chi connectivity index (χ2n) is 15.4. The van der Waals surface area contributed by atoms with Crippen molar-refractivity contribution in [2.45, 2.75) is 19.3 Å². The lowest BCUT2D eigenvalue weighted by Gasteiger charge is -2.22. The first-order chi connectivity index (χ1) is 27.5. The fraction of sp³-hybridized carbons (Fsp3) is 0.0566. The van der Waals surface area contributed by atoms with E-state index in [9.17, 15) is 0 Å². The second-order valence-corrected chi connectivity index (χ2v) is 16.4. The predicted molar refractivity (Wildman–Crippen MR) is 237 cm³/mol. The lowest BCUT2D eigenvalue weighted by atomic mass is 9.81. The van der Waals surface area contributed by atoms with Crippen LogP contribution in [0.3, 0.4) is 0 Å². The molecule has 0 unspecified atom stereocenters. The average Bonchev–Trinajstić information content (AvgIpc) is 3.75. The van der Waals surface area contributed by atoms with E-state index in [4.69, 9.17) is 9.97 Å². The molecular formula is C53H36N2S. The molecule has 1 aliphatic carbocycles. The molecule has 10 aromatic rings. The molecule has 11 rings (SSSR count). The number of nitrogens with zero attached hydrogens (tertiary/aromatic N) is 2. The van der Waals surface area contributed by atoms with Gasteiger partial charge in [0, 0.05) is 42.3 Å². The zero-order valence-electron chi connectivity index (χ0n) is 31.1. The number of rotatable bonds is 5. The first kappa shape index (κ1) is 32.7. The molecule has 0 aliphatic heterocycles. The van der Waals surface area contributed by atoms with E-state index in [-0.39, 0.29) is 5.41 Å². The van der Waals surface area contributed by atoms with Gasteiger partial charge in [-0.25, -0.2) is 9.97 Å². The van der Waals surface area contributed by atoms with Gasteiger partial charge in [0.05, 0.1) is 11.4 Å². The zero-order chi connectivity index (χ0) is 37.4. The quantitative estimate of drug-likeness (QED) is 0.176. The van der Waals surface area contributed by atoms with Crippen molar-refractivity contribution in [1.82, 2.24) is 9.97 Å². The highest BCUT2D eigenvalue weighted by Crippen LogP contribution is 2.50. The fourth-order valence-corrected chi connectivity index (χ4v) is 10.0. The van der Waals surface area contributed by atoms with E-state index in [0.717, 1.165) is 45.0 Å². The number of benzene rings is 8. The molecule has 0 atom stereocenters. The maximum absolute atomic E-state index is 5.37. The van der Waals surface area contributed by atoms with E-state index < -0.39 is 0 Å². The summed E-state index contributed by atoms with van der Waals surface area (Å²) in [5.74, 6) is 0.730. The van der Waals surface area contributed by atoms with E-state index in [1.165, 1.54) is 64.3 Å². The van der Waals surface area contributed by atoms with Gasteiger partial charge in [-0.3, -0.25) is 0 Å². The van der Waals surface area contributed by atoms with Gasteiger partial charge in [-0.15, -0.1) is 11.3 Å². The van der Waals surface area contributed by atoms with E-state index in [2.05, 4.69) is 196 Å². The van der Waals surface area contributed by atoms with Crippen LogP contribution in [0.15, 0.2) is 182 Å². The van der Waals surface area contributed by atoms with Gasteiger partial charge in [-0.2, -0.15) is 0 Å². The molecule has 3 heteroatoms. The summed E-state index contributed by atoms with van der Waals surface area (Å²) in [6.45, 7) is 4.70. The van der Waals surface area contributed by atoms with Crippen LogP contribution in [0.25, 0.3) is 98.2 Å². The molecule has 264 valence electrons. The SMILES string of the molecule is CC1(C)c2ccccc2-c2ccc(-c3ccc4ccc(-c5ccc6c(sc7ccccc76)c5-c5nc(-c6ccccc6)cc(-c6ccccc6)n5)cc4c3)cc21. The molecule has 2 aromatic heterocycles. The molecule has 0 N–H and O–H groups in total. The largest absolute Gasteiger partial charge is 0.228 e. The Hall–Kier alpha value is -6.68. The van der Waals surface area contributed by atoms with Gasteiger partial charge in [0.1, 0.15) is 0 Å². The summed E-state index contributed by atoms with van der Waals surface area (Å²) in [6.07, 6.45) is 0. The van der Waals surface area contributed by atoms with Crippen LogP contribution in [-0.2, 0) is 5.41 Å². The maximum Gasteiger partial charge on any atom is 0.162 e. The molecule has 2 heterocycles. The molecule has 8 aromatic carbocycles.